The van der Waals surface area contributed by atoms with E-state index < -0.39 is 17.8 Å². The van der Waals surface area contributed by atoms with E-state index in [9.17, 15) is 18.0 Å². The molecule has 0 spiro atoms. The van der Waals surface area contributed by atoms with Crippen molar-refractivity contribution in [1.29, 1.82) is 0 Å². The number of halogens is 3. The Hall–Kier alpha value is -2.06. The molecule has 1 aromatic heterocycles. The Kier molecular flexibility index (Phi) is 5.62. The topological polar surface area (TPSA) is 50.4 Å². The first-order valence-electron chi connectivity index (χ1n) is 6.67. The Balaban J connectivity index is 1.98. The molecule has 0 bridgehead atoms. The maximum atomic E-state index is 12.9. The summed E-state index contributed by atoms with van der Waals surface area (Å²) in [5.41, 5.74) is -0.285. The van der Waals surface area contributed by atoms with Crippen molar-refractivity contribution in [1.82, 2.24) is 5.32 Å². The lowest BCUT2D eigenvalue weighted by Crippen LogP contribution is -2.33. The number of alkyl halides is 3. The zero-order valence-corrected chi connectivity index (χ0v) is 13.0. The predicted octanol–water partition coefficient (Wildman–Crippen LogP) is 4.28. The molecular weight excluding hydrogens is 329 g/mol. The number of carbonyl (C=O) groups excluding carboxylic acids is 1. The molecule has 0 fully saturated rings. The Morgan fingerprint density at radius 1 is 1.30 bits per heavy atom. The summed E-state index contributed by atoms with van der Waals surface area (Å²) in [6.07, 6.45) is -4.89. The van der Waals surface area contributed by atoms with E-state index >= 15 is 0 Å². The van der Waals surface area contributed by atoms with Crippen LogP contribution in [0.5, 0.6) is 0 Å². The summed E-state index contributed by atoms with van der Waals surface area (Å²) >= 11 is 1.49. The third kappa shape index (κ3) is 4.70. The van der Waals surface area contributed by atoms with Crippen molar-refractivity contribution < 1.29 is 22.7 Å². The number of hydrogen-bond acceptors (Lipinski definition) is 3. The zero-order valence-electron chi connectivity index (χ0n) is 12.2. The van der Waals surface area contributed by atoms with Crippen LogP contribution >= 0.6 is 11.3 Å². The number of ether oxygens (including phenoxy) is 1. The van der Waals surface area contributed by atoms with E-state index in [1.807, 2.05) is 16.8 Å². The van der Waals surface area contributed by atoms with Crippen molar-refractivity contribution in [2.45, 2.75) is 12.3 Å². The van der Waals surface area contributed by atoms with Crippen LogP contribution in [0.3, 0.4) is 0 Å². The maximum Gasteiger partial charge on any atom is 0.418 e. The summed E-state index contributed by atoms with van der Waals surface area (Å²) in [5.74, 6) is 0. The van der Waals surface area contributed by atoms with Crippen molar-refractivity contribution in [3.8, 4) is 0 Å². The molecule has 4 nitrogen and oxygen atoms in total. The molecule has 2 rings (SSSR count). The van der Waals surface area contributed by atoms with Crippen molar-refractivity contribution in [3.05, 3.63) is 52.2 Å². The summed E-state index contributed by atoms with van der Waals surface area (Å²) < 4.78 is 43.8. The summed E-state index contributed by atoms with van der Waals surface area (Å²) in [6.45, 7) is 0.146. The lowest BCUT2D eigenvalue weighted by atomic mass is 10.1. The molecular formula is C15H15F3N2O2S. The second-order valence-corrected chi connectivity index (χ2v) is 5.44. The van der Waals surface area contributed by atoms with Gasteiger partial charge in [0, 0.05) is 13.7 Å². The van der Waals surface area contributed by atoms with Gasteiger partial charge in [-0.2, -0.15) is 24.5 Å². The predicted molar refractivity (Wildman–Crippen MR) is 82.5 cm³/mol. The Labute approximate surface area is 135 Å². The van der Waals surface area contributed by atoms with Crippen molar-refractivity contribution in [3.63, 3.8) is 0 Å². The van der Waals surface area contributed by atoms with Crippen LogP contribution in [-0.2, 0) is 10.9 Å². The largest absolute Gasteiger partial charge is 0.418 e. The molecule has 2 aromatic rings. The highest BCUT2D eigenvalue weighted by molar-refractivity contribution is 7.07. The third-order valence-electron chi connectivity index (χ3n) is 3.13. The molecule has 0 radical (unpaired) electrons. The summed E-state index contributed by atoms with van der Waals surface area (Å²) in [7, 11) is 1.50. The Morgan fingerprint density at radius 2 is 2.04 bits per heavy atom. The van der Waals surface area contributed by atoms with Crippen molar-refractivity contribution in [2.75, 3.05) is 19.0 Å². The number of carbonyl (C=O) groups is 1. The smallest absolute Gasteiger partial charge is 0.375 e. The average molecular weight is 344 g/mol. The maximum absolute atomic E-state index is 12.9. The first-order valence-corrected chi connectivity index (χ1v) is 7.62. The van der Waals surface area contributed by atoms with Gasteiger partial charge in [-0.3, -0.25) is 0 Å². The van der Waals surface area contributed by atoms with Crippen LogP contribution in [0.15, 0.2) is 41.1 Å². The van der Waals surface area contributed by atoms with Gasteiger partial charge in [0.1, 0.15) is 6.10 Å². The number of para-hydroxylation sites is 1. The summed E-state index contributed by atoms with van der Waals surface area (Å²) in [6, 6.07) is 5.95. The van der Waals surface area contributed by atoms with Gasteiger partial charge in [-0.15, -0.1) is 0 Å². The molecule has 23 heavy (non-hydrogen) atoms. The van der Waals surface area contributed by atoms with Crippen LogP contribution in [0.25, 0.3) is 0 Å². The van der Waals surface area contributed by atoms with Crippen LogP contribution in [0, 0.1) is 0 Å². The molecule has 0 saturated carbocycles. The zero-order chi connectivity index (χ0) is 16.9. The van der Waals surface area contributed by atoms with Gasteiger partial charge in [0.2, 0.25) is 0 Å². The highest BCUT2D eigenvalue weighted by atomic mass is 32.1. The minimum Gasteiger partial charge on any atom is -0.375 e. The van der Waals surface area contributed by atoms with Gasteiger partial charge in [-0.05, 0) is 34.5 Å². The minimum absolute atomic E-state index is 0.146. The Morgan fingerprint density at radius 3 is 2.65 bits per heavy atom. The van der Waals surface area contributed by atoms with Crippen LogP contribution in [-0.4, -0.2) is 19.7 Å². The normalized spacial score (nSPS) is 12.7. The van der Waals surface area contributed by atoms with Crippen LogP contribution in [0.2, 0.25) is 0 Å². The number of methoxy groups -OCH3 is 1. The number of rotatable bonds is 5. The monoisotopic (exact) mass is 344 g/mol. The SMILES string of the molecule is COC(CNC(=O)Nc1ccccc1C(F)(F)F)c1ccsc1. The lowest BCUT2D eigenvalue weighted by molar-refractivity contribution is -0.136. The fourth-order valence-corrected chi connectivity index (χ4v) is 2.69. The number of hydrogen-bond donors (Lipinski definition) is 2. The number of thiophene rings is 1. The van der Waals surface area contributed by atoms with Gasteiger partial charge in [-0.25, -0.2) is 4.79 Å². The molecule has 2 amide bonds. The quantitative estimate of drug-likeness (QED) is 0.851. The van der Waals surface area contributed by atoms with Gasteiger partial charge in [0.15, 0.2) is 0 Å². The molecule has 0 saturated heterocycles. The van der Waals surface area contributed by atoms with E-state index in [1.54, 1.807) is 0 Å². The van der Waals surface area contributed by atoms with Gasteiger partial charge in [-0.1, -0.05) is 12.1 Å². The molecule has 1 unspecified atom stereocenters. The number of benzene rings is 1. The van der Waals surface area contributed by atoms with Crippen molar-refractivity contribution in [2.24, 2.45) is 0 Å². The van der Waals surface area contributed by atoms with Crippen LogP contribution < -0.4 is 10.6 Å². The Bertz CT molecular complexity index is 644. The average Bonchev–Trinajstić information content (AvgIpc) is 3.01. The van der Waals surface area contributed by atoms with Gasteiger partial charge < -0.3 is 15.4 Å². The third-order valence-corrected chi connectivity index (χ3v) is 3.83. The van der Waals surface area contributed by atoms with E-state index in [-0.39, 0.29) is 18.3 Å². The number of amides is 2. The van der Waals surface area contributed by atoms with E-state index in [2.05, 4.69) is 10.6 Å². The molecule has 1 aromatic carbocycles. The molecule has 0 aliphatic carbocycles. The fraction of sp³-hybridized carbons (Fsp3) is 0.267. The van der Waals surface area contributed by atoms with Gasteiger partial charge in [0.25, 0.3) is 0 Å². The first-order chi connectivity index (χ1) is 10.9. The van der Waals surface area contributed by atoms with Gasteiger partial charge in [0.05, 0.1) is 11.3 Å². The molecule has 124 valence electrons. The molecule has 1 heterocycles. The molecule has 1 atom stereocenters. The lowest BCUT2D eigenvalue weighted by Gasteiger charge is -2.17. The van der Waals surface area contributed by atoms with E-state index in [1.165, 1.54) is 36.6 Å². The van der Waals surface area contributed by atoms with E-state index in [0.29, 0.717) is 0 Å². The molecule has 2 N–H and O–H groups in total. The molecule has 0 aliphatic rings. The van der Waals surface area contributed by atoms with Gasteiger partial charge >= 0.3 is 12.2 Å². The van der Waals surface area contributed by atoms with Crippen LogP contribution in [0.1, 0.15) is 17.2 Å². The molecule has 0 aliphatic heterocycles. The highest BCUT2D eigenvalue weighted by Gasteiger charge is 2.33. The minimum atomic E-state index is -4.53. The van der Waals surface area contributed by atoms with Crippen LogP contribution in [0.4, 0.5) is 23.7 Å². The second-order valence-electron chi connectivity index (χ2n) is 4.66. The molecule has 8 heteroatoms. The number of nitrogens with one attached hydrogen (secondary N) is 2. The standard InChI is InChI=1S/C15H15F3N2O2S/c1-22-13(10-6-7-23-9-10)8-19-14(21)20-12-5-3-2-4-11(12)15(16,17)18/h2-7,9,13H,8H2,1H3,(H2,19,20,21). The van der Waals surface area contributed by atoms with Crippen molar-refractivity contribution >= 4 is 23.1 Å². The fourth-order valence-electron chi connectivity index (χ4n) is 1.99. The second kappa shape index (κ2) is 7.47. The summed E-state index contributed by atoms with van der Waals surface area (Å²) in [4.78, 5) is 11.8. The summed E-state index contributed by atoms with van der Waals surface area (Å²) in [5, 5.41) is 8.49. The first kappa shape index (κ1) is 17.3. The number of anilines is 1. The van der Waals surface area contributed by atoms with E-state index in [0.717, 1.165) is 11.6 Å². The van der Waals surface area contributed by atoms with E-state index in [4.69, 9.17) is 4.74 Å². The number of urea groups is 1. The highest BCUT2D eigenvalue weighted by Crippen LogP contribution is 2.34.